The summed E-state index contributed by atoms with van der Waals surface area (Å²) in [5.74, 6) is 2.03. The van der Waals surface area contributed by atoms with Crippen LogP contribution in [0.5, 0.6) is 11.5 Å². The second-order valence-electron chi connectivity index (χ2n) is 10.4. The van der Waals surface area contributed by atoms with Gasteiger partial charge in [-0.25, -0.2) is 9.97 Å². The molecule has 41 heavy (non-hydrogen) atoms. The zero-order chi connectivity index (χ0) is 28.2. The van der Waals surface area contributed by atoms with Crippen LogP contribution >= 0.6 is 0 Å². The van der Waals surface area contributed by atoms with Crippen molar-refractivity contribution >= 4 is 34.5 Å². The molecular formula is C30H32N8O3. The summed E-state index contributed by atoms with van der Waals surface area (Å²) in [6, 6.07) is 14.7. The van der Waals surface area contributed by atoms with E-state index in [2.05, 4.69) is 42.7 Å². The molecule has 1 saturated carbocycles. The van der Waals surface area contributed by atoms with E-state index in [1.165, 1.54) is 12.8 Å². The molecule has 11 nitrogen and oxygen atoms in total. The first-order valence-electron chi connectivity index (χ1n) is 13.8. The molecule has 2 amide bonds. The van der Waals surface area contributed by atoms with Gasteiger partial charge in [-0.05, 0) is 62.7 Å². The van der Waals surface area contributed by atoms with Crippen LogP contribution in [-0.4, -0.2) is 80.5 Å². The van der Waals surface area contributed by atoms with Crippen LogP contribution in [0, 0.1) is 0 Å². The minimum Gasteiger partial charge on any atom is -0.456 e. The number of pyridine rings is 2. The van der Waals surface area contributed by atoms with Crippen LogP contribution in [0.1, 0.15) is 29.6 Å². The second kappa shape index (κ2) is 11.8. The summed E-state index contributed by atoms with van der Waals surface area (Å²) in [7, 11) is 2.10. The number of likely N-dealkylation sites (N-methyl/N-ethyl adjacent to an activating group) is 1. The second-order valence-corrected chi connectivity index (χ2v) is 10.4. The summed E-state index contributed by atoms with van der Waals surface area (Å²) in [4.78, 5) is 37.9. The third-order valence-electron chi connectivity index (χ3n) is 7.34. The Bertz CT molecular complexity index is 1550. The van der Waals surface area contributed by atoms with Crippen molar-refractivity contribution in [1.82, 2.24) is 30.0 Å². The fraction of sp³-hybridized carbons (Fsp3) is 0.300. The van der Waals surface area contributed by atoms with Crippen molar-refractivity contribution in [2.24, 2.45) is 0 Å². The van der Waals surface area contributed by atoms with Gasteiger partial charge in [0.25, 0.3) is 5.91 Å². The molecule has 2 aliphatic rings. The number of rotatable bonds is 10. The zero-order valence-electron chi connectivity index (χ0n) is 22.8. The molecule has 0 spiro atoms. The first-order valence-corrected chi connectivity index (χ1v) is 13.8. The number of hydrogen-bond acceptors (Lipinski definition) is 8. The Morgan fingerprint density at radius 2 is 1.95 bits per heavy atom. The molecule has 4 heterocycles. The van der Waals surface area contributed by atoms with Crippen molar-refractivity contribution in [2.75, 3.05) is 37.3 Å². The lowest BCUT2D eigenvalue weighted by Gasteiger charge is -2.16. The number of ether oxygens (including phenoxy) is 1. The van der Waals surface area contributed by atoms with Gasteiger partial charge in [0.2, 0.25) is 5.91 Å². The van der Waals surface area contributed by atoms with E-state index in [-0.39, 0.29) is 17.9 Å². The molecule has 0 radical (unpaired) electrons. The highest BCUT2D eigenvalue weighted by molar-refractivity contribution is 6.03. The molecule has 11 heteroatoms. The Kier molecular flexibility index (Phi) is 7.59. The minimum atomic E-state index is -0.256. The molecule has 1 atom stereocenters. The van der Waals surface area contributed by atoms with Gasteiger partial charge < -0.3 is 20.3 Å². The maximum absolute atomic E-state index is 12.7. The van der Waals surface area contributed by atoms with Gasteiger partial charge in [-0.1, -0.05) is 12.1 Å². The Morgan fingerprint density at radius 1 is 1.10 bits per heavy atom. The molecule has 0 bridgehead atoms. The van der Waals surface area contributed by atoms with Crippen molar-refractivity contribution in [3.63, 3.8) is 0 Å². The topological polar surface area (TPSA) is 128 Å². The van der Waals surface area contributed by atoms with Crippen molar-refractivity contribution in [3.8, 4) is 11.5 Å². The average molecular weight is 553 g/mol. The number of aromatic amines is 1. The van der Waals surface area contributed by atoms with Gasteiger partial charge in [-0.2, -0.15) is 5.10 Å². The predicted molar refractivity (Wildman–Crippen MR) is 156 cm³/mol. The van der Waals surface area contributed by atoms with E-state index in [0.717, 1.165) is 18.4 Å². The highest BCUT2D eigenvalue weighted by atomic mass is 16.5. The van der Waals surface area contributed by atoms with Crippen LogP contribution in [0.25, 0.3) is 11.0 Å². The lowest BCUT2D eigenvalue weighted by atomic mass is 10.2. The number of aromatic nitrogens is 4. The van der Waals surface area contributed by atoms with E-state index in [9.17, 15) is 9.59 Å². The normalized spacial score (nSPS) is 16.9. The lowest BCUT2D eigenvalue weighted by Crippen LogP contribution is -2.30. The summed E-state index contributed by atoms with van der Waals surface area (Å²) in [6.07, 6.45) is 10.2. The molecule has 1 aliphatic heterocycles. The maximum atomic E-state index is 12.7. The van der Waals surface area contributed by atoms with Crippen LogP contribution in [0.15, 0.2) is 73.1 Å². The van der Waals surface area contributed by atoms with E-state index in [4.69, 9.17) is 4.74 Å². The third-order valence-corrected chi connectivity index (χ3v) is 7.34. The Balaban J connectivity index is 1.09. The summed E-state index contributed by atoms with van der Waals surface area (Å²) < 4.78 is 6.19. The van der Waals surface area contributed by atoms with Crippen molar-refractivity contribution in [1.29, 1.82) is 0 Å². The largest absolute Gasteiger partial charge is 0.456 e. The average Bonchev–Trinajstić information content (AvgIpc) is 3.61. The van der Waals surface area contributed by atoms with E-state index in [0.29, 0.717) is 53.5 Å². The molecule has 3 N–H and O–H groups in total. The number of benzene rings is 1. The number of H-pyrrole nitrogens is 1. The minimum absolute atomic E-state index is 0.0354. The van der Waals surface area contributed by atoms with Crippen molar-refractivity contribution < 1.29 is 14.3 Å². The molecule has 1 aromatic carbocycles. The van der Waals surface area contributed by atoms with E-state index in [1.807, 2.05) is 17.0 Å². The molecule has 2 fully saturated rings. The van der Waals surface area contributed by atoms with E-state index >= 15 is 0 Å². The molecular weight excluding hydrogens is 520 g/mol. The fourth-order valence-corrected chi connectivity index (χ4v) is 4.90. The molecule has 4 aromatic rings. The SMILES string of the molecule is CN(C/C=C/C(=O)N1CCC(Nc2n[nH]c3nccc(Oc4ccc(C(=O)Nc5ccccn5)cc4)c23)C1)C1CC1. The number of fused-ring (bicyclic) bond motifs is 1. The van der Waals surface area contributed by atoms with Crippen LogP contribution in [0.3, 0.4) is 0 Å². The first kappa shape index (κ1) is 26.5. The molecule has 210 valence electrons. The number of anilines is 2. The van der Waals surface area contributed by atoms with Gasteiger partial charge in [0, 0.05) is 61.8 Å². The van der Waals surface area contributed by atoms with E-state index < -0.39 is 0 Å². The van der Waals surface area contributed by atoms with E-state index in [1.54, 1.807) is 60.9 Å². The summed E-state index contributed by atoms with van der Waals surface area (Å²) >= 11 is 0. The van der Waals surface area contributed by atoms with Crippen LogP contribution in [-0.2, 0) is 4.79 Å². The van der Waals surface area contributed by atoms with Gasteiger partial charge in [0.15, 0.2) is 11.5 Å². The third kappa shape index (κ3) is 6.36. The van der Waals surface area contributed by atoms with Crippen molar-refractivity contribution in [2.45, 2.75) is 31.3 Å². The van der Waals surface area contributed by atoms with Gasteiger partial charge >= 0.3 is 0 Å². The Labute approximate surface area is 237 Å². The number of carbonyl (C=O) groups excluding carboxylic acids is 2. The quantitative estimate of drug-likeness (QED) is 0.251. The summed E-state index contributed by atoms with van der Waals surface area (Å²) in [6.45, 7) is 2.07. The monoisotopic (exact) mass is 552 g/mol. The number of carbonyl (C=O) groups is 2. The fourth-order valence-electron chi connectivity index (χ4n) is 4.90. The predicted octanol–water partition coefficient (Wildman–Crippen LogP) is 4.06. The van der Waals surface area contributed by atoms with Gasteiger partial charge in [0.1, 0.15) is 22.7 Å². The zero-order valence-corrected chi connectivity index (χ0v) is 22.8. The molecule has 1 saturated heterocycles. The highest BCUT2D eigenvalue weighted by Crippen LogP contribution is 2.33. The highest BCUT2D eigenvalue weighted by Gasteiger charge is 2.27. The number of likely N-dealkylation sites (tertiary alicyclic amines) is 1. The van der Waals surface area contributed by atoms with Crippen LogP contribution in [0.2, 0.25) is 0 Å². The molecule has 1 aliphatic carbocycles. The smallest absolute Gasteiger partial charge is 0.256 e. The first-order chi connectivity index (χ1) is 20.0. The van der Waals surface area contributed by atoms with Crippen LogP contribution < -0.4 is 15.4 Å². The molecule has 6 rings (SSSR count). The maximum Gasteiger partial charge on any atom is 0.256 e. The van der Waals surface area contributed by atoms with Gasteiger partial charge in [0.05, 0.1) is 0 Å². The lowest BCUT2D eigenvalue weighted by molar-refractivity contribution is -0.125. The number of nitrogens with one attached hydrogen (secondary N) is 3. The molecule has 3 aromatic heterocycles. The Morgan fingerprint density at radius 3 is 2.73 bits per heavy atom. The number of amides is 2. The number of nitrogens with zero attached hydrogens (tertiary/aromatic N) is 5. The molecule has 1 unspecified atom stereocenters. The van der Waals surface area contributed by atoms with Gasteiger partial charge in [-0.3, -0.25) is 19.6 Å². The van der Waals surface area contributed by atoms with Gasteiger partial charge in [-0.15, -0.1) is 0 Å². The van der Waals surface area contributed by atoms with Crippen molar-refractivity contribution in [3.05, 3.63) is 78.6 Å². The summed E-state index contributed by atoms with van der Waals surface area (Å²) in [5, 5.41) is 14.4. The van der Waals surface area contributed by atoms with Crippen LogP contribution in [0.4, 0.5) is 11.6 Å². The standard InChI is InChI=1S/C30H32N8O3/c1-37(22-9-10-22)17-4-6-26(39)38-18-14-21(19-38)33-29-27-24(13-16-32-28(27)35-36-29)41-23-11-7-20(8-12-23)30(40)34-25-5-2-3-15-31-25/h2-8,11-13,15-16,21-22H,9-10,14,17-19H2,1H3,(H,31,34,40)(H2,32,33,35,36)/b6-4+. The summed E-state index contributed by atoms with van der Waals surface area (Å²) in [5.41, 5.74) is 1.07. The number of hydrogen-bond donors (Lipinski definition) is 3. The Hall–Kier alpha value is -4.77.